The van der Waals surface area contributed by atoms with Crippen LogP contribution in [0.3, 0.4) is 0 Å². The van der Waals surface area contributed by atoms with E-state index in [1.807, 2.05) is 0 Å². The van der Waals surface area contributed by atoms with Gasteiger partial charge in [-0.2, -0.15) is 13.2 Å². The lowest BCUT2D eigenvalue weighted by Gasteiger charge is -2.45. The van der Waals surface area contributed by atoms with Crippen LogP contribution >= 0.6 is 0 Å². The van der Waals surface area contributed by atoms with E-state index in [9.17, 15) is 13.2 Å². The molecule has 3 saturated carbocycles. The lowest BCUT2D eigenvalue weighted by atomic mass is 9.61. The Balaban J connectivity index is 1.55. The summed E-state index contributed by atoms with van der Waals surface area (Å²) in [6, 6.07) is 0. The average Bonchev–Trinajstić information content (AvgIpc) is 2.46. The van der Waals surface area contributed by atoms with Crippen LogP contribution in [0.15, 0.2) is 0 Å². The highest BCUT2D eigenvalue weighted by atomic mass is 19.4. The molecule has 0 radical (unpaired) electrons. The first-order chi connectivity index (χ1) is 9.54. The van der Waals surface area contributed by atoms with E-state index in [1.165, 1.54) is 44.9 Å². The van der Waals surface area contributed by atoms with Gasteiger partial charge >= 0.3 is 6.18 Å². The quantitative estimate of drug-likeness (QED) is 0.558. The topological polar surface area (TPSA) is 0 Å². The van der Waals surface area contributed by atoms with Crippen molar-refractivity contribution < 1.29 is 13.2 Å². The van der Waals surface area contributed by atoms with Gasteiger partial charge in [0, 0.05) is 0 Å². The van der Waals surface area contributed by atoms with Crippen LogP contribution in [0.4, 0.5) is 13.2 Å². The van der Waals surface area contributed by atoms with E-state index in [0.717, 1.165) is 24.7 Å². The summed E-state index contributed by atoms with van der Waals surface area (Å²) in [6.07, 6.45) is 8.12. The third-order valence-electron chi connectivity index (χ3n) is 6.43. The van der Waals surface area contributed by atoms with Crippen LogP contribution in [-0.4, -0.2) is 6.18 Å². The van der Waals surface area contributed by atoms with Crippen molar-refractivity contribution in [2.45, 2.75) is 76.8 Å². The van der Waals surface area contributed by atoms with Gasteiger partial charge in [-0.15, -0.1) is 0 Å². The molecule has 0 N–H and O–H groups in total. The van der Waals surface area contributed by atoms with E-state index in [1.54, 1.807) is 0 Å². The molecule has 0 aromatic carbocycles. The van der Waals surface area contributed by atoms with Crippen LogP contribution in [0.5, 0.6) is 0 Å². The Morgan fingerprint density at radius 1 is 0.550 bits per heavy atom. The average molecular weight is 288 g/mol. The van der Waals surface area contributed by atoms with Gasteiger partial charge in [0.1, 0.15) is 0 Å². The Morgan fingerprint density at radius 2 is 1.10 bits per heavy atom. The molecular weight excluding hydrogens is 261 g/mol. The highest BCUT2D eigenvalue weighted by Gasteiger charge is 2.46. The third kappa shape index (κ3) is 3.17. The summed E-state index contributed by atoms with van der Waals surface area (Å²) < 4.78 is 38.6. The zero-order valence-corrected chi connectivity index (χ0v) is 12.3. The van der Waals surface area contributed by atoms with Gasteiger partial charge in [0.25, 0.3) is 0 Å². The zero-order chi connectivity index (χ0) is 14.2. The number of alkyl halides is 3. The molecule has 4 atom stereocenters. The number of rotatable bonds is 1. The molecule has 0 nitrogen and oxygen atoms in total. The molecule has 116 valence electrons. The van der Waals surface area contributed by atoms with Gasteiger partial charge in [-0.1, -0.05) is 32.1 Å². The largest absolute Gasteiger partial charge is 0.391 e. The molecule has 0 aromatic heterocycles. The minimum atomic E-state index is -3.95. The van der Waals surface area contributed by atoms with E-state index in [4.69, 9.17) is 0 Å². The first-order valence-corrected chi connectivity index (χ1v) is 8.60. The molecule has 3 aliphatic carbocycles. The van der Waals surface area contributed by atoms with Crippen molar-refractivity contribution in [3.8, 4) is 0 Å². The van der Waals surface area contributed by atoms with Gasteiger partial charge in [0.2, 0.25) is 0 Å². The second-order valence-corrected chi connectivity index (χ2v) is 7.54. The van der Waals surface area contributed by atoms with E-state index >= 15 is 0 Å². The summed E-state index contributed by atoms with van der Waals surface area (Å²) >= 11 is 0. The summed E-state index contributed by atoms with van der Waals surface area (Å²) in [7, 11) is 0. The third-order valence-corrected chi connectivity index (χ3v) is 6.43. The van der Waals surface area contributed by atoms with Gasteiger partial charge in [-0.05, 0) is 62.2 Å². The molecule has 3 rings (SSSR count). The lowest BCUT2D eigenvalue weighted by molar-refractivity contribution is -0.191. The fourth-order valence-electron chi connectivity index (χ4n) is 5.26. The van der Waals surface area contributed by atoms with Gasteiger partial charge < -0.3 is 0 Å². The highest BCUT2D eigenvalue weighted by molar-refractivity contribution is 4.90. The summed E-state index contributed by atoms with van der Waals surface area (Å²) in [5.74, 6) is 1.70. The second-order valence-electron chi connectivity index (χ2n) is 7.54. The van der Waals surface area contributed by atoms with E-state index in [0.29, 0.717) is 24.7 Å². The van der Waals surface area contributed by atoms with Crippen molar-refractivity contribution in [1.29, 1.82) is 0 Å². The molecule has 3 heteroatoms. The van der Waals surface area contributed by atoms with E-state index < -0.39 is 12.1 Å². The molecule has 0 aliphatic heterocycles. The van der Waals surface area contributed by atoms with Crippen LogP contribution in [0.1, 0.15) is 70.6 Å². The standard InChI is InChI=1S/C17H27F3/c18-17(19,20)16-9-8-14-10-13(6-7-15(14)11-16)12-4-2-1-3-5-12/h12-16H,1-11H2/t13?,14-,15?,16-/m1/s1. The van der Waals surface area contributed by atoms with Crippen molar-refractivity contribution in [1.82, 2.24) is 0 Å². The van der Waals surface area contributed by atoms with E-state index in [-0.39, 0.29) is 0 Å². The van der Waals surface area contributed by atoms with Crippen LogP contribution in [0.25, 0.3) is 0 Å². The van der Waals surface area contributed by atoms with Crippen LogP contribution < -0.4 is 0 Å². The Hall–Kier alpha value is -0.210. The maximum Gasteiger partial charge on any atom is 0.391 e. The van der Waals surface area contributed by atoms with Crippen molar-refractivity contribution in [2.24, 2.45) is 29.6 Å². The summed E-state index contributed by atoms with van der Waals surface area (Å²) in [5.41, 5.74) is 0. The van der Waals surface area contributed by atoms with Crippen molar-refractivity contribution in [3.05, 3.63) is 0 Å². The minimum absolute atomic E-state index is 0.371. The SMILES string of the molecule is FC(F)(F)[C@@H]1CC[C@@H]2CC(C3CCCCC3)CCC2C1. The van der Waals surface area contributed by atoms with Crippen LogP contribution in [0, 0.1) is 29.6 Å². The summed E-state index contributed by atoms with van der Waals surface area (Å²) in [6.45, 7) is 0. The maximum atomic E-state index is 12.9. The Morgan fingerprint density at radius 3 is 1.75 bits per heavy atom. The fourth-order valence-corrected chi connectivity index (χ4v) is 5.26. The molecule has 3 fully saturated rings. The zero-order valence-electron chi connectivity index (χ0n) is 12.3. The van der Waals surface area contributed by atoms with Crippen molar-refractivity contribution in [3.63, 3.8) is 0 Å². The molecule has 0 bridgehead atoms. The van der Waals surface area contributed by atoms with Crippen LogP contribution in [-0.2, 0) is 0 Å². The summed E-state index contributed by atoms with van der Waals surface area (Å²) in [5, 5.41) is 0. The molecule has 0 saturated heterocycles. The predicted molar refractivity (Wildman–Crippen MR) is 74.3 cm³/mol. The van der Waals surface area contributed by atoms with Gasteiger partial charge in [-0.25, -0.2) is 0 Å². The Labute approximate surface area is 120 Å². The first-order valence-electron chi connectivity index (χ1n) is 8.60. The predicted octanol–water partition coefficient (Wildman–Crippen LogP) is 5.96. The molecular formula is C17H27F3. The number of halogens is 3. The highest BCUT2D eigenvalue weighted by Crippen LogP contribution is 2.51. The smallest absolute Gasteiger partial charge is 0.171 e. The Kier molecular flexibility index (Phi) is 4.33. The van der Waals surface area contributed by atoms with Crippen molar-refractivity contribution in [2.75, 3.05) is 0 Å². The van der Waals surface area contributed by atoms with Crippen LogP contribution in [0.2, 0.25) is 0 Å². The fraction of sp³-hybridized carbons (Fsp3) is 1.00. The lowest BCUT2D eigenvalue weighted by Crippen LogP contribution is -2.37. The molecule has 20 heavy (non-hydrogen) atoms. The molecule has 2 unspecified atom stereocenters. The maximum absolute atomic E-state index is 12.9. The molecule has 3 aliphatic rings. The molecule has 0 aromatic rings. The minimum Gasteiger partial charge on any atom is -0.171 e. The Bertz CT molecular complexity index is 317. The monoisotopic (exact) mass is 288 g/mol. The normalized spacial score (nSPS) is 40.4. The molecule has 0 amide bonds. The van der Waals surface area contributed by atoms with Crippen molar-refractivity contribution >= 4 is 0 Å². The van der Waals surface area contributed by atoms with Gasteiger partial charge in [-0.3, -0.25) is 0 Å². The van der Waals surface area contributed by atoms with Gasteiger partial charge in [0.05, 0.1) is 5.92 Å². The number of fused-ring (bicyclic) bond motifs is 1. The second kappa shape index (κ2) is 5.88. The molecule has 0 spiro atoms. The molecule has 0 heterocycles. The van der Waals surface area contributed by atoms with E-state index in [2.05, 4.69) is 0 Å². The number of hydrogen-bond acceptors (Lipinski definition) is 0. The number of hydrogen-bond donors (Lipinski definition) is 0. The van der Waals surface area contributed by atoms with Gasteiger partial charge in [0.15, 0.2) is 0 Å². The first kappa shape index (κ1) is 14.7. The summed E-state index contributed by atoms with van der Waals surface area (Å²) in [4.78, 5) is 0.